The van der Waals surface area contributed by atoms with Gasteiger partial charge in [-0.3, -0.25) is 4.98 Å². The predicted molar refractivity (Wildman–Crippen MR) is 85.9 cm³/mol. The van der Waals surface area contributed by atoms with Gasteiger partial charge >= 0.3 is 0 Å². The number of aryl methyl sites for hydroxylation is 1. The molecule has 1 saturated heterocycles. The zero-order chi connectivity index (χ0) is 14.7. The molecule has 4 heteroatoms. The third-order valence-electron chi connectivity index (χ3n) is 4.10. The molecule has 2 heterocycles. The zero-order valence-corrected chi connectivity index (χ0v) is 12.3. The summed E-state index contributed by atoms with van der Waals surface area (Å²) in [7, 11) is 0. The van der Waals surface area contributed by atoms with Crippen molar-refractivity contribution in [3.05, 3.63) is 48.3 Å². The van der Waals surface area contributed by atoms with Gasteiger partial charge in [-0.25, -0.2) is 0 Å². The molecular weight excluding hydrogens is 262 g/mol. The Labute approximate surface area is 125 Å². The maximum atomic E-state index is 9.77. The first-order valence-electron chi connectivity index (χ1n) is 7.43. The van der Waals surface area contributed by atoms with E-state index in [4.69, 9.17) is 0 Å². The van der Waals surface area contributed by atoms with Crippen LogP contribution in [0.5, 0.6) is 5.75 Å². The van der Waals surface area contributed by atoms with Crippen molar-refractivity contribution < 1.29 is 5.11 Å². The molecule has 1 aromatic heterocycles. The standard InChI is InChI=1S/C17H21N3O/c1-13-2-3-15(12-17(13)21)19-14-6-10-20(11-7-14)16-4-8-18-9-5-16/h2-5,8-9,12,14,19,21H,6-7,10-11H2,1H3. The summed E-state index contributed by atoms with van der Waals surface area (Å²) in [4.78, 5) is 6.46. The first kappa shape index (κ1) is 13.7. The van der Waals surface area contributed by atoms with Crippen molar-refractivity contribution in [1.82, 2.24) is 4.98 Å². The van der Waals surface area contributed by atoms with Crippen LogP contribution in [-0.4, -0.2) is 29.2 Å². The van der Waals surface area contributed by atoms with E-state index in [1.165, 1.54) is 5.69 Å². The van der Waals surface area contributed by atoms with Crippen LogP contribution < -0.4 is 10.2 Å². The molecule has 0 saturated carbocycles. The number of aromatic hydroxyl groups is 1. The van der Waals surface area contributed by atoms with Gasteiger partial charge in [-0.15, -0.1) is 0 Å². The Morgan fingerprint density at radius 1 is 1.14 bits per heavy atom. The van der Waals surface area contributed by atoms with Gasteiger partial charge in [0.25, 0.3) is 0 Å². The Bertz CT molecular complexity index is 592. The average molecular weight is 283 g/mol. The number of phenolic OH excluding ortho intramolecular Hbond substituents is 1. The topological polar surface area (TPSA) is 48.4 Å². The lowest BCUT2D eigenvalue weighted by molar-refractivity contribution is 0.471. The molecule has 4 nitrogen and oxygen atoms in total. The summed E-state index contributed by atoms with van der Waals surface area (Å²) < 4.78 is 0. The lowest BCUT2D eigenvalue weighted by Gasteiger charge is -2.34. The quantitative estimate of drug-likeness (QED) is 0.908. The molecule has 110 valence electrons. The fraction of sp³-hybridized carbons (Fsp3) is 0.353. The summed E-state index contributed by atoms with van der Waals surface area (Å²) in [6.45, 7) is 3.99. The number of rotatable bonds is 3. The lowest BCUT2D eigenvalue weighted by Crippen LogP contribution is -2.39. The summed E-state index contributed by atoms with van der Waals surface area (Å²) in [5.74, 6) is 0.356. The van der Waals surface area contributed by atoms with Crippen LogP contribution in [-0.2, 0) is 0 Å². The van der Waals surface area contributed by atoms with Gasteiger partial charge in [-0.2, -0.15) is 0 Å². The fourth-order valence-corrected chi connectivity index (χ4v) is 2.77. The van der Waals surface area contributed by atoms with Gasteiger partial charge in [-0.1, -0.05) is 6.07 Å². The van der Waals surface area contributed by atoms with Gasteiger partial charge in [0.1, 0.15) is 5.75 Å². The molecular formula is C17H21N3O. The van der Waals surface area contributed by atoms with Gasteiger partial charge in [0.05, 0.1) is 0 Å². The Morgan fingerprint density at radius 3 is 2.52 bits per heavy atom. The summed E-state index contributed by atoms with van der Waals surface area (Å²) >= 11 is 0. The van der Waals surface area contributed by atoms with Crippen LogP contribution in [0, 0.1) is 6.92 Å². The van der Waals surface area contributed by atoms with Crippen LogP contribution in [0.2, 0.25) is 0 Å². The predicted octanol–water partition coefficient (Wildman–Crippen LogP) is 3.18. The van der Waals surface area contributed by atoms with Crippen molar-refractivity contribution in [1.29, 1.82) is 0 Å². The van der Waals surface area contributed by atoms with E-state index in [9.17, 15) is 5.11 Å². The molecule has 0 spiro atoms. The van der Waals surface area contributed by atoms with Crippen molar-refractivity contribution in [2.24, 2.45) is 0 Å². The molecule has 1 fully saturated rings. The fourth-order valence-electron chi connectivity index (χ4n) is 2.77. The highest BCUT2D eigenvalue weighted by Gasteiger charge is 2.19. The summed E-state index contributed by atoms with van der Waals surface area (Å²) in [5, 5.41) is 13.3. The summed E-state index contributed by atoms with van der Waals surface area (Å²) in [6, 6.07) is 10.4. The summed E-state index contributed by atoms with van der Waals surface area (Å²) in [6.07, 6.45) is 5.87. The van der Waals surface area contributed by atoms with E-state index in [2.05, 4.69) is 27.3 Å². The Kier molecular flexibility index (Phi) is 3.95. The first-order valence-corrected chi connectivity index (χ1v) is 7.43. The highest BCUT2D eigenvalue weighted by Crippen LogP contribution is 2.24. The monoisotopic (exact) mass is 283 g/mol. The second kappa shape index (κ2) is 6.04. The third-order valence-corrected chi connectivity index (χ3v) is 4.10. The third kappa shape index (κ3) is 3.27. The molecule has 2 N–H and O–H groups in total. The normalized spacial score (nSPS) is 16.0. The minimum absolute atomic E-state index is 0.356. The number of anilines is 2. The number of pyridine rings is 1. The van der Waals surface area contributed by atoms with E-state index in [1.807, 2.05) is 37.5 Å². The minimum atomic E-state index is 0.356. The molecule has 0 atom stereocenters. The van der Waals surface area contributed by atoms with E-state index in [0.717, 1.165) is 37.2 Å². The second-order valence-electron chi connectivity index (χ2n) is 5.61. The molecule has 0 radical (unpaired) electrons. The molecule has 21 heavy (non-hydrogen) atoms. The number of nitrogens with zero attached hydrogens (tertiary/aromatic N) is 2. The van der Waals surface area contributed by atoms with Gasteiger partial charge in [0, 0.05) is 49.0 Å². The van der Waals surface area contributed by atoms with Crippen LogP contribution in [0.1, 0.15) is 18.4 Å². The average Bonchev–Trinajstić information content (AvgIpc) is 2.53. The molecule has 0 amide bonds. The van der Waals surface area contributed by atoms with Gasteiger partial charge in [0.15, 0.2) is 0 Å². The van der Waals surface area contributed by atoms with E-state index < -0.39 is 0 Å². The van der Waals surface area contributed by atoms with Gasteiger partial charge in [0.2, 0.25) is 0 Å². The molecule has 1 aromatic carbocycles. The minimum Gasteiger partial charge on any atom is -0.508 e. The number of hydrogen-bond acceptors (Lipinski definition) is 4. The number of benzene rings is 1. The lowest BCUT2D eigenvalue weighted by atomic mass is 10.0. The van der Waals surface area contributed by atoms with Gasteiger partial charge in [-0.05, 0) is 43.5 Å². The van der Waals surface area contributed by atoms with Crippen molar-refractivity contribution in [2.45, 2.75) is 25.8 Å². The molecule has 0 unspecified atom stereocenters. The Balaban J connectivity index is 1.57. The Hall–Kier alpha value is -2.23. The van der Waals surface area contributed by atoms with Crippen LogP contribution >= 0.6 is 0 Å². The second-order valence-corrected chi connectivity index (χ2v) is 5.61. The van der Waals surface area contributed by atoms with Crippen molar-refractivity contribution in [3.63, 3.8) is 0 Å². The van der Waals surface area contributed by atoms with E-state index in [-0.39, 0.29) is 0 Å². The van der Waals surface area contributed by atoms with Crippen molar-refractivity contribution in [2.75, 3.05) is 23.3 Å². The van der Waals surface area contributed by atoms with Crippen molar-refractivity contribution in [3.8, 4) is 5.75 Å². The number of hydrogen-bond donors (Lipinski definition) is 2. The van der Waals surface area contributed by atoms with Crippen LogP contribution in [0.4, 0.5) is 11.4 Å². The van der Waals surface area contributed by atoms with E-state index >= 15 is 0 Å². The number of aromatic nitrogens is 1. The summed E-state index contributed by atoms with van der Waals surface area (Å²) in [5.41, 5.74) is 3.16. The van der Waals surface area contributed by atoms with Crippen LogP contribution in [0.3, 0.4) is 0 Å². The highest BCUT2D eigenvalue weighted by atomic mass is 16.3. The van der Waals surface area contributed by atoms with Crippen molar-refractivity contribution >= 4 is 11.4 Å². The SMILES string of the molecule is Cc1ccc(NC2CCN(c3ccncc3)CC2)cc1O. The number of nitrogens with one attached hydrogen (secondary N) is 1. The molecule has 0 bridgehead atoms. The number of phenols is 1. The maximum absolute atomic E-state index is 9.77. The first-order chi connectivity index (χ1) is 10.2. The smallest absolute Gasteiger partial charge is 0.120 e. The van der Waals surface area contributed by atoms with Gasteiger partial charge < -0.3 is 15.3 Å². The Morgan fingerprint density at radius 2 is 1.86 bits per heavy atom. The van der Waals surface area contributed by atoms with E-state index in [0.29, 0.717) is 11.8 Å². The van der Waals surface area contributed by atoms with E-state index in [1.54, 1.807) is 0 Å². The van der Waals surface area contributed by atoms with Crippen LogP contribution in [0.25, 0.3) is 0 Å². The van der Waals surface area contributed by atoms with Crippen LogP contribution in [0.15, 0.2) is 42.7 Å². The largest absolute Gasteiger partial charge is 0.508 e. The highest BCUT2D eigenvalue weighted by molar-refractivity contribution is 5.52. The molecule has 1 aliphatic heterocycles. The maximum Gasteiger partial charge on any atom is 0.120 e. The number of piperidine rings is 1. The molecule has 1 aliphatic rings. The zero-order valence-electron chi connectivity index (χ0n) is 12.3. The molecule has 0 aliphatic carbocycles. The molecule has 2 aromatic rings. The molecule has 3 rings (SSSR count).